The van der Waals surface area contributed by atoms with Gasteiger partial charge in [-0.05, 0) is 111 Å². The number of hydrogen-bond donors (Lipinski definition) is 0. The lowest BCUT2D eigenvalue weighted by atomic mass is 9.95. The fraction of sp³-hybridized carbons (Fsp3) is 0.826. The zero-order valence-corrected chi connectivity index (χ0v) is 33.5. The average Bonchev–Trinajstić information content (AvgIpc) is 3.65. The molecule has 2 fully saturated rings. The van der Waals surface area contributed by atoms with Gasteiger partial charge in [0.05, 0.1) is 12.2 Å². The molecule has 0 aromatic carbocycles. The fourth-order valence-corrected chi connectivity index (χ4v) is 7.83. The molecule has 1 aliphatic carbocycles. The maximum Gasteiger partial charge on any atom is 0.169 e. The Balaban J connectivity index is 1.62. The quantitative estimate of drug-likeness (QED) is 0.0521. The standard InChI is InChI=1S/C46H83NO2/c1-6-8-10-12-14-16-18-20-22-24-26-28-30-32-34-36-40-46(48-44-39-38-43(45(44)49-46)42(3)47(4)5)41-37-35-33-31-29-27-25-23-21-19-17-15-13-11-9-7-2/h14-17,20-23,42-45H,6-13,18-19,24-41H2,1-5H3/b16-14-,17-15-,22-20-,23-21-/t42-,43?,44-,45+/m0/s1. The van der Waals surface area contributed by atoms with Gasteiger partial charge in [-0.2, -0.15) is 0 Å². The molecule has 2 rings (SSSR count). The molecule has 0 spiro atoms. The summed E-state index contributed by atoms with van der Waals surface area (Å²) >= 11 is 0. The molecule has 284 valence electrons. The first-order valence-electron chi connectivity index (χ1n) is 21.6. The predicted molar refractivity (Wildman–Crippen MR) is 216 cm³/mol. The van der Waals surface area contributed by atoms with Crippen LogP contribution in [0.15, 0.2) is 48.6 Å². The molecule has 0 aromatic rings. The highest BCUT2D eigenvalue weighted by Crippen LogP contribution is 2.47. The summed E-state index contributed by atoms with van der Waals surface area (Å²) in [7, 11) is 4.44. The Morgan fingerprint density at radius 2 is 0.939 bits per heavy atom. The summed E-state index contributed by atoms with van der Waals surface area (Å²) in [6.07, 6.45) is 55.1. The lowest BCUT2D eigenvalue weighted by Crippen LogP contribution is -2.40. The minimum absolute atomic E-state index is 0.284. The topological polar surface area (TPSA) is 21.7 Å². The number of rotatable bonds is 32. The number of hydrogen-bond acceptors (Lipinski definition) is 3. The predicted octanol–water partition coefficient (Wildman–Crippen LogP) is 14.2. The van der Waals surface area contributed by atoms with E-state index in [-0.39, 0.29) is 11.9 Å². The second-order valence-electron chi connectivity index (χ2n) is 15.8. The molecule has 1 unspecified atom stereocenters. The first-order chi connectivity index (χ1) is 24.0. The van der Waals surface area contributed by atoms with Gasteiger partial charge in [-0.1, -0.05) is 140 Å². The Labute approximate surface area is 306 Å². The molecule has 1 saturated heterocycles. The summed E-state index contributed by atoms with van der Waals surface area (Å²) in [5.74, 6) is 0.262. The van der Waals surface area contributed by atoms with E-state index in [1.807, 2.05) is 0 Å². The number of fused-ring (bicyclic) bond motifs is 1. The number of nitrogens with zero attached hydrogens (tertiary/aromatic N) is 1. The third kappa shape index (κ3) is 20.5. The summed E-state index contributed by atoms with van der Waals surface area (Å²) in [6.45, 7) is 6.92. The fourth-order valence-electron chi connectivity index (χ4n) is 7.83. The van der Waals surface area contributed by atoms with Crippen LogP contribution < -0.4 is 0 Å². The van der Waals surface area contributed by atoms with Crippen LogP contribution in [0.1, 0.15) is 201 Å². The molecule has 0 bridgehead atoms. The van der Waals surface area contributed by atoms with Crippen molar-refractivity contribution in [3.8, 4) is 0 Å². The smallest absolute Gasteiger partial charge is 0.169 e. The van der Waals surface area contributed by atoms with E-state index in [1.54, 1.807) is 0 Å². The van der Waals surface area contributed by atoms with Gasteiger partial charge >= 0.3 is 0 Å². The van der Waals surface area contributed by atoms with E-state index in [1.165, 1.54) is 154 Å². The Morgan fingerprint density at radius 1 is 0.531 bits per heavy atom. The maximum absolute atomic E-state index is 7.03. The Morgan fingerprint density at radius 3 is 1.37 bits per heavy atom. The Hall–Kier alpha value is -1.16. The lowest BCUT2D eigenvalue weighted by Gasteiger charge is -2.33. The molecule has 0 amide bonds. The van der Waals surface area contributed by atoms with Crippen LogP contribution >= 0.6 is 0 Å². The summed E-state index contributed by atoms with van der Waals surface area (Å²) in [5, 5.41) is 0. The van der Waals surface area contributed by atoms with Gasteiger partial charge in [0.1, 0.15) is 0 Å². The van der Waals surface area contributed by atoms with Crippen molar-refractivity contribution in [2.75, 3.05) is 14.1 Å². The van der Waals surface area contributed by atoms with Crippen LogP contribution in [0.4, 0.5) is 0 Å². The second kappa shape index (κ2) is 29.4. The van der Waals surface area contributed by atoms with E-state index >= 15 is 0 Å². The van der Waals surface area contributed by atoms with Crippen molar-refractivity contribution < 1.29 is 9.47 Å². The number of ether oxygens (including phenoxy) is 2. The normalized spacial score (nSPS) is 21.5. The highest BCUT2D eigenvalue weighted by Gasteiger charge is 2.53. The van der Waals surface area contributed by atoms with Gasteiger partial charge in [0.25, 0.3) is 0 Å². The molecule has 3 nitrogen and oxygen atoms in total. The zero-order chi connectivity index (χ0) is 35.3. The maximum atomic E-state index is 7.03. The number of unbranched alkanes of at least 4 members (excludes halogenated alkanes) is 18. The van der Waals surface area contributed by atoms with E-state index in [4.69, 9.17) is 9.47 Å². The minimum Gasteiger partial charge on any atom is -0.344 e. The third-order valence-corrected chi connectivity index (χ3v) is 11.2. The lowest BCUT2D eigenvalue weighted by molar-refractivity contribution is -0.196. The van der Waals surface area contributed by atoms with E-state index in [0.717, 1.165) is 25.7 Å². The van der Waals surface area contributed by atoms with Gasteiger partial charge in [-0.25, -0.2) is 0 Å². The van der Waals surface area contributed by atoms with Crippen LogP contribution in [0.5, 0.6) is 0 Å². The van der Waals surface area contributed by atoms with E-state index in [0.29, 0.717) is 18.1 Å². The van der Waals surface area contributed by atoms with Crippen LogP contribution in [0.2, 0.25) is 0 Å². The number of allylic oxidation sites excluding steroid dienone is 8. The largest absolute Gasteiger partial charge is 0.344 e. The molecule has 2 aliphatic rings. The summed E-state index contributed by atoms with van der Waals surface area (Å²) < 4.78 is 13.9. The van der Waals surface area contributed by atoms with Crippen LogP contribution in [0, 0.1) is 5.92 Å². The van der Waals surface area contributed by atoms with E-state index in [9.17, 15) is 0 Å². The van der Waals surface area contributed by atoms with Crippen molar-refractivity contribution in [2.45, 2.75) is 225 Å². The molecule has 1 saturated carbocycles. The monoisotopic (exact) mass is 682 g/mol. The SMILES string of the molecule is CCCCC/C=C\C/C=C\CCCCCCCCC1(CCCCCCCC/C=C\C/C=C\CCCCC)O[C@H]2CCC([C@H](C)N(C)C)[C@H]2O1. The van der Waals surface area contributed by atoms with Crippen molar-refractivity contribution in [1.29, 1.82) is 0 Å². The van der Waals surface area contributed by atoms with Crippen LogP contribution in [-0.4, -0.2) is 43.0 Å². The van der Waals surface area contributed by atoms with Gasteiger partial charge in [0.2, 0.25) is 0 Å². The molecular weight excluding hydrogens is 599 g/mol. The van der Waals surface area contributed by atoms with E-state index < -0.39 is 0 Å². The van der Waals surface area contributed by atoms with Crippen molar-refractivity contribution in [3.05, 3.63) is 48.6 Å². The second-order valence-corrected chi connectivity index (χ2v) is 15.8. The van der Waals surface area contributed by atoms with Gasteiger partial charge in [-0.15, -0.1) is 0 Å². The highest BCUT2D eigenvalue weighted by molar-refractivity contribution is 4.98. The first kappa shape index (κ1) is 44.0. The third-order valence-electron chi connectivity index (χ3n) is 11.2. The van der Waals surface area contributed by atoms with Crippen LogP contribution in [0.3, 0.4) is 0 Å². The van der Waals surface area contributed by atoms with Crippen molar-refractivity contribution in [1.82, 2.24) is 4.90 Å². The van der Waals surface area contributed by atoms with Gasteiger partial charge < -0.3 is 14.4 Å². The molecule has 0 radical (unpaired) electrons. The molecule has 0 aromatic heterocycles. The molecule has 1 aliphatic heterocycles. The van der Waals surface area contributed by atoms with Crippen LogP contribution in [0.25, 0.3) is 0 Å². The zero-order valence-electron chi connectivity index (χ0n) is 33.5. The van der Waals surface area contributed by atoms with Crippen molar-refractivity contribution in [3.63, 3.8) is 0 Å². The summed E-state index contributed by atoms with van der Waals surface area (Å²) in [5.41, 5.74) is 0. The molecular formula is C46H83NO2. The van der Waals surface area contributed by atoms with Crippen molar-refractivity contribution in [2.24, 2.45) is 5.92 Å². The highest BCUT2D eigenvalue weighted by atomic mass is 16.8. The van der Waals surface area contributed by atoms with Gasteiger partial charge in [0, 0.05) is 24.8 Å². The molecule has 3 heteroatoms. The molecule has 0 N–H and O–H groups in total. The Kier molecular flexibility index (Phi) is 26.4. The Bertz CT molecular complexity index is 824. The van der Waals surface area contributed by atoms with Gasteiger partial charge in [0.15, 0.2) is 5.79 Å². The first-order valence-corrected chi connectivity index (χ1v) is 21.6. The molecule has 49 heavy (non-hydrogen) atoms. The summed E-state index contributed by atoms with van der Waals surface area (Å²) in [6, 6.07) is 0.540. The van der Waals surface area contributed by atoms with E-state index in [2.05, 4.69) is 88.4 Å². The average molecular weight is 682 g/mol. The molecule has 4 atom stereocenters. The molecule has 1 heterocycles. The van der Waals surface area contributed by atoms with Gasteiger partial charge in [-0.3, -0.25) is 0 Å². The minimum atomic E-state index is -0.329. The summed E-state index contributed by atoms with van der Waals surface area (Å²) in [4.78, 5) is 2.38. The van der Waals surface area contributed by atoms with Crippen LogP contribution in [-0.2, 0) is 9.47 Å². The van der Waals surface area contributed by atoms with Crippen molar-refractivity contribution >= 4 is 0 Å².